The van der Waals surface area contributed by atoms with E-state index in [0.717, 1.165) is 6.92 Å². The summed E-state index contributed by atoms with van der Waals surface area (Å²) in [6, 6.07) is 5.96. The number of phenolic OH excluding ortho intramolecular Hbond substituents is 1. The molecule has 0 aliphatic rings. The number of carboxylic acids is 1. The molecule has 4 nitrogen and oxygen atoms in total. The molecule has 1 rings (SSSR count). The number of aromatic hydroxyl groups is 1. The second kappa shape index (κ2) is 4.16. The van der Waals surface area contributed by atoms with E-state index >= 15 is 0 Å². The molecule has 0 aromatic heterocycles. The number of phenols is 1. The Labute approximate surface area is 85.9 Å². The molecule has 1 atom stereocenters. The average Bonchev–Trinajstić information content (AvgIpc) is 2.16. The maximum Gasteiger partial charge on any atom is 0.344 e. The van der Waals surface area contributed by atoms with Crippen LogP contribution in [-0.2, 0) is 4.79 Å². The third-order valence-electron chi connectivity index (χ3n) is 1.81. The molecule has 15 heavy (non-hydrogen) atoms. The predicted molar refractivity (Wildman–Crippen MR) is 50.8 cm³/mol. The first-order valence-corrected chi connectivity index (χ1v) is 4.26. The Morgan fingerprint density at radius 2 is 2.13 bits per heavy atom. The van der Waals surface area contributed by atoms with Crippen LogP contribution in [0.3, 0.4) is 0 Å². The van der Waals surface area contributed by atoms with Crippen molar-refractivity contribution in [2.45, 2.75) is 12.6 Å². The van der Waals surface area contributed by atoms with Crippen molar-refractivity contribution in [1.82, 2.24) is 0 Å². The second-order valence-electron chi connectivity index (χ2n) is 3.26. The summed E-state index contributed by atoms with van der Waals surface area (Å²) in [5.41, 5.74) is -2.47. The summed E-state index contributed by atoms with van der Waals surface area (Å²) in [6.45, 7) is 0.245. The highest BCUT2D eigenvalue weighted by molar-refractivity contribution is 5.76. The van der Waals surface area contributed by atoms with E-state index in [0.29, 0.717) is 0 Å². The van der Waals surface area contributed by atoms with Crippen molar-refractivity contribution in [3.05, 3.63) is 24.3 Å². The van der Waals surface area contributed by atoms with Crippen molar-refractivity contribution in [2.24, 2.45) is 0 Å². The van der Waals surface area contributed by atoms with E-state index in [1.165, 1.54) is 12.1 Å². The van der Waals surface area contributed by atoms with E-state index < -0.39 is 18.2 Å². The van der Waals surface area contributed by atoms with E-state index in [1.807, 2.05) is 0 Å². The Morgan fingerprint density at radius 1 is 1.53 bits per heavy atom. The van der Waals surface area contributed by atoms with Crippen LogP contribution in [0.4, 0.5) is 4.39 Å². The van der Waals surface area contributed by atoms with Gasteiger partial charge in [0.2, 0.25) is 5.67 Å². The molecule has 82 valence electrons. The normalized spacial score (nSPS) is 14.3. The van der Waals surface area contributed by atoms with Crippen molar-refractivity contribution in [1.29, 1.82) is 0 Å². The number of alkyl halides is 1. The monoisotopic (exact) mass is 214 g/mol. The third kappa shape index (κ3) is 2.83. The van der Waals surface area contributed by atoms with Gasteiger partial charge >= 0.3 is 5.97 Å². The van der Waals surface area contributed by atoms with Crippen LogP contribution in [0.1, 0.15) is 6.92 Å². The number of ether oxygens (including phenoxy) is 1. The number of carboxylic acid groups (broad SMARTS) is 1. The number of benzene rings is 1. The molecular weight excluding hydrogens is 203 g/mol. The minimum absolute atomic E-state index is 0.0580. The highest BCUT2D eigenvalue weighted by Crippen LogP contribution is 2.25. The zero-order chi connectivity index (χ0) is 11.5. The molecule has 0 saturated carbocycles. The van der Waals surface area contributed by atoms with Crippen LogP contribution < -0.4 is 4.74 Å². The van der Waals surface area contributed by atoms with Crippen LogP contribution in [0.25, 0.3) is 0 Å². The van der Waals surface area contributed by atoms with Gasteiger partial charge in [0.15, 0.2) is 11.5 Å². The van der Waals surface area contributed by atoms with Gasteiger partial charge in [-0.1, -0.05) is 12.1 Å². The molecule has 0 aliphatic carbocycles. The Hall–Kier alpha value is -1.78. The zero-order valence-electron chi connectivity index (χ0n) is 8.11. The average molecular weight is 214 g/mol. The SMILES string of the molecule is CC(F)(COc1ccccc1O)C(=O)O. The van der Waals surface area contributed by atoms with E-state index in [9.17, 15) is 14.3 Å². The third-order valence-corrected chi connectivity index (χ3v) is 1.81. The summed E-state index contributed by atoms with van der Waals surface area (Å²) in [5.74, 6) is -1.70. The molecular formula is C10H11FO4. The van der Waals surface area contributed by atoms with Crippen molar-refractivity contribution in [3.8, 4) is 11.5 Å². The molecule has 0 aliphatic heterocycles. The fourth-order valence-electron chi connectivity index (χ4n) is 0.854. The smallest absolute Gasteiger partial charge is 0.344 e. The molecule has 0 spiro atoms. The van der Waals surface area contributed by atoms with Crippen molar-refractivity contribution in [3.63, 3.8) is 0 Å². The number of para-hydroxylation sites is 2. The van der Waals surface area contributed by atoms with Gasteiger partial charge in [-0.25, -0.2) is 9.18 Å². The van der Waals surface area contributed by atoms with E-state index in [4.69, 9.17) is 9.84 Å². The lowest BCUT2D eigenvalue weighted by Gasteiger charge is -2.16. The van der Waals surface area contributed by atoms with E-state index in [2.05, 4.69) is 0 Å². The van der Waals surface area contributed by atoms with Crippen molar-refractivity contribution < 1.29 is 24.1 Å². The Bertz CT molecular complexity index is 362. The highest BCUT2D eigenvalue weighted by Gasteiger charge is 2.34. The van der Waals surface area contributed by atoms with Gasteiger partial charge in [-0.05, 0) is 19.1 Å². The van der Waals surface area contributed by atoms with Gasteiger partial charge < -0.3 is 14.9 Å². The number of hydrogen-bond donors (Lipinski definition) is 2. The molecule has 1 aromatic carbocycles. The largest absolute Gasteiger partial charge is 0.504 e. The van der Waals surface area contributed by atoms with Gasteiger partial charge in [0.25, 0.3) is 0 Å². The summed E-state index contributed by atoms with van der Waals surface area (Å²) in [5, 5.41) is 17.7. The number of halogens is 1. The van der Waals surface area contributed by atoms with Gasteiger partial charge in [0.1, 0.15) is 6.61 Å². The number of carbonyl (C=O) groups is 1. The molecule has 0 saturated heterocycles. The maximum atomic E-state index is 13.2. The first-order chi connectivity index (χ1) is 6.93. The highest BCUT2D eigenvalue weighted by atomic mass is 19.1. The van der Waals surface area contributed by atoms with Crippen LogP contribution >= 0.6 is 0 Å². The topological polar surface area (TPSA) is 66.8 Å². The molecule has 0 fully saturated rings. The molecule has 2 N–H and O–H groups in total. The molecule has 0 bridgehead atoms. The van der Waals surface area contributed by atoms with Gasteiger partial charge in [0.05, 0.1) is 0 Å². The lowest BCUT2D eigenvalue weighted by atomic mass is 10.1. The molecule has 1 unspecified atom stereocenters. The van der Waals surface area contributed by atoms with Crippen LogP contribution in [0.2, 0.25) is 0 Å². The Morgan fingerprint density at radius 3 is 2.67 bits per heavy atom. The molecule has 0 heterocycles. The lowest BCUT2D eigenvalue weighted by Crippen LogP contribution is -2.36. The second-order valence-corrected chi connectivity index (χ2v) is 3.26. The molecule has 5 heteroatoms. The summed E-state index contributed by atoms with van der Waals surface area (Å²) >= 11 is 0. The van der Waals surface area contributed by atoms with Gasteiger partial charge in [-0.3, -0.25) is 0 Å². The summed E-state index contributed by atoms with van der Waals surface area (Å²) in [4.78, 5) is 10.4. The Balaban J connectivity index is 2.66. The zero-order valence-corrected chi connectivity index (χ0v) is 8.11. The van der Waals surface area contributed by atoms with Crippen LogP contribution in [0.5, 0.6) is 11.5 Å². The summed E-state index contributed by atoms with van der Waals surface area (Å²) in [6.07, 6.45) is 0. The van der Waals surface area contributed by atoms with Crippen molar-refractivity contribution >= 4 is 5.97 Å². The fraction of sp³-hybridized carbons (Fsp3) is 0.300. The van der Waals surface area contributed by atoms with Crippen LogP contribution in [0, 0.1) is 0 Å². The standard InChI is InChI=1S/C10H11FO4/c1-10(11,9(13)14)6-15-8-5-3-2-4-7(8)12/h2-5,12H,6H2,1H3,(H,13,14). The van der Waals surface area contributed by atoms with Crippen LogP contribution in [-0.4, -0.2) is 28.5 Å². The van der Waals surface area contributed by atoms with Gasteiger partial charge in [-0.2, -0.15) is 0 Å². The summed E-state index contributed by atoms with van der Waals surface area (Å²) in [7, 11) is 0. The fourth-order valence-corrected chi connectivity index (χ4v) is 0.854. The first-order valence-electron chi connectivity index (χ1n) is 4.26. The molecule has 0 amide bonds. The predicted octanol–water partition coefficient (Wildman–Crippen LogP) is 1.58. The van der Waals surface area contributed by atoms with Crippen molar-refractivity contribution in [2.75, 3.05) is 6.61 Å². The van der Waals surface area contributed by atoms with Gasteiger partial charge in [-0.15, -0.1) is 0 Å². The van der Waals surface area contributed by atoms with Gasteiger partial charge in [0, 0.05) is 0 Å². The molecule has 1 aromatic rings. The minimum atomic E-state index is -2.47. The number of aliphatic carboxylic acids is 1. The molecule has 0 radical (unpaired) electrons. The summed E-state index contributed by atoms with van der Waals surface area (Å²) < 4.78 is 18.1. The first kappa shape index (κ1) is 11.3. The Kier molecular flexibility index (Phi) is 3.14. The van der Waals surface area contributed by atoms with Crippen LogP contribution in [0.15, 0.2) is 24.3 Å². The minimum Gasteiger partial charge on any atom is -0.504 e. The number of hydrogen-bond acceptors (Lipinski definition) is 3. The lowest BCUT2D eigenvalue weighted by molar-refractivity contribution is -0.151. The van der Waals surface area contributed by atoms with E-state index in [1.54, 1.807) is 12.1 Å². The van der Waals surface area contributed by atoms with E-state index in [-0.39, 0.29) is 11.5 Å². The maximum absolute atomic E-state index is 13.2. The quantitative estimate of drug-likeness (QED) is 0.798. The number of rotatable bonds is 4.